The Morgan fingerprint density at radius 2 is 1.65 bits per heavy atom. The van der Waals surface area contributed by atoms with Crippen LogP contribution in [0.3, 0.4) is 0 Å². The Hall–Kier alpha value is -2.77. The zero-order valence-electron chi connectivity index (χ0n) is 17.3. The van der Waals surface area contributed by atoms with Crippen molar-refractivity contribution in [2.24, 2.45) is 0 Å². The van der Waals surface area contributed by atoms with Crippen molar-refractivity contribution in [1.29, 1.82) is 0 Å². The topological polar surface area (TPSA) is 70.6 Å². The first-order chi connectivity index (χ1) is 15.0. The Morgan fingerprint density at radius 1 is 0.935 bits per heavy atom. The lowest BCUT2D eigenvalue weighted by Crippen LogP contribution is -2.52. The molecule has 0 spiro atoms. The first kappa shape index (κ1) is 20.2. The van der Waals surface area contributed by atoms with E-state index in [1.54, 1.807) is 0 Å². The summed E-state index contributed by atoms with van der Waals surface area (Å²) in [6, 6.07) is 19.6. The molecule has 31 heavy (non-hydrogen) atoms. The number of carbonyl (C=O) groups is 1. The van der Waals surface area contributed by atoms with Gasteiger partial charge in [0.25, 0.3) is 5.91 Å². The van der Waals surface area contributed by atoms with Crippen LogP contribution in [-0.4, -0.2) is 72.8 Å². The molecule has 6 nitrogen and oxygen atoms in total. The van der Waals surface area contributed by atoms with E-state index in [2.05, 4.69) is 4.90 Å². The molecular formula is C24H25N3O3S. The number of aromatic nitrogens is 1. The van der Waals surface area contributed by atoms with Crippen molar-refractivity contribution in [2.45, 2.75) is 12.5 Å². The van der Waals surface area contributed by atoms with E-state index in [0.29, 0.717) is 38.2 Å². The molecule has 2 fully saturated rings. The number of hydrogen-bond donors (Lipinski definition) is 0. The Kier molecular flexibility index (Phi) is 5.24. The van der Waals surface area contributed by atoms with E-state index in [0.717, 1.165) is 22.2 Å². The maximum atomic E-state index is 13.5. The van der Waals surface area contributed by atoms with Gasteiger partial charge in [0.1, 0.15) is 0 Å². The average molecular weight is 436 g/mol. The van der Waals surface area contributed by atoms with E-state index in [4.69, 9.17) is 4.98 Å². The zero-order chi connectivity index (χ0) is 21.4. The number of pyridine rings is 1. The fourth-order valence-electron chi connectivity index (χ4n) is 4.63. The Labute approximate surface area is 182 Å². The fourth-order valence-corrected chi connectivity index (χ4v) is 6.39. The molecule has 1 aromatic heterocycles. The van der Waals surface area contributed by atoms with E-state index in [-0.39, 0.29) is 23.5 Å². The average Bonchev–Trinajstić information content (AvgIpc) is 3.18. The predicted molar refractivity (Wildman–Crippen MR) is 122 cm³/mol. The maximum Gasteiger partial charge on any atom is 0.254 e. The predicted octanol–water partition coefficient (Wildman–Crippen LogP) is 2.85. The van der Waals surface area contributed by atoms with Crippen LogP contribution in [0.1, 0.15) is 16.8 Å². The van der Waals surface area contributed by atoms with Gasteiger partial charge in [-0.25, -0.2) is 13.4 Å². The number of piperazine rings is 1. The normalized spacial score (nSPS) is 21.4. The standard InChI is InChI=1S/C24H25N3O3S/c28-24(27-13-11-26(12-14-27)19-10-15-31(29,30)17-19)21-16-23(18-6-2-1-3-7-18)25-22-9-5-4-8-20(21)22/h1-9,16,19H,10-15,17H2/t19-/m0/s1. The third kappa shape index (κ3) is 4.07. The van der Waals surface area contributed by atoms with Crippen LogP contribution in [0.15, 0.2) is 60.7 Å². The number of rotatable bonds is 3. The van der Waals surface area contributed by atoms with Crippen molar-refractivity contribution >= 4 is 26.6 Å². The highest BCUT2D eigenvalue weighted by atomic mass is 32.2. The van der Waals surface area contributed by atoms with Crippen LogP contribution in [0.25, 0.3) is 22.2 Å². The number of nitrogens with zero attached hydrogens (tertiary/aromatic N) is 3. The zero-order valence-corrected chi connectivity index (χ0v) is 18.1. The molecule has 2 aliphatic heterocycles. The van der Waals surface area contributed by atoms with Crippen molar-refractivity contribution in [3.8, 4) is 11.3 Å². The molecule has 0 saturated carbocycles. The van der Waals surface area contributed by atoms with Gasteiger partial charge in [-0.15, -0.1) is 0 Å². The molecular weight excluding hydrogens is 410 g/mol. The number of amides is 1. The molecule has 2 aliphatic rings. The van der Waals surface area contributed by atoms with Gasteiger partial charge in [0, 0.05) is 43.2 Å². The first-order valence-electron chi connectivity index (χ1n) is 10.7. The third-order valence-corrected chi connectivity index (χ3v) is 8.09. The van der Waals surface area contributed by atoms with Gasteiger partial charge in [-0.3, -0.25) is 9.69 Å². The van der Waals surface area contributed by atoms with Crippen LogP contribution in [0.2, 0.25) is 0 Å². The van der Waals surface area contributed by atoms with Crippen molar-refractivity contribution in [1.82, 2.24) is 14.8 Å². The maximum absolute atomic E-state index is 13.5. The second kappa shape index (κ2) is 8.05. The van der Waals surface area contributed by atoms with Gasteiger partial charge in [0.2, 0.25) is 0 Å². The first-order valence-corrected chi connectivity index (χ1v) is 12.5. The largest absolute Gasteiger partial charge is 0.336 e. The highest BCUT2D eigenvalue weighted by Crippen LogP contribution is 2.27. The van der Waals surface area contributed by atoms with Gasteiger partial charge in [-0.2, -0.15) is 0 Å². The van der Waals surface area contributed by atoms with Gasteiger partial charge >= 0.3 is 0 Å². The van der Waals surface area contributed by atoms with Gasteiger partial charge < -0.3 is 4.90 Å². The number of carbonyl (C=O) groups excluding carboxylic acids is 1. The summed E-state index contributed by atoms with van der Waals surface area (Å²) in [6.07, 6.45) is 0.700. The van der Waals surface area contributed by atoms with Crippen molar-refractivity contribution < 1.29 is 13.2 Å². The molecule has 160 valence electrons. The van der Waals surface area contributed by atoms with Crippen molar-refractivity contribution in [2.75, 3.05) is 37.7 Å². The summed E-state index contributed by atoms with van der Waals surface area (Å²) in [5.74, 6) is 0.535. The lowest BCUT2D eigenvalue weighted by Gasteiger charge is -2.37. The molecule has 0 aliphatic carbocycles. The SMILES string of the molecule is O=C(c1cc(-c2ccccc2)nc2ccccc12)N1CCN([C@H]2CCS(=O)(=O)C2)CC1. The molecule has 2 saturated heterocycles. The van der Waals surface area contributed by atoms with Crippen LogP contribution >= 0.6 is 0 Å². The molecule has 1 amide bonds. The molecule has 3 heterocycles. The summed E-state index contributed by atoms with van der Waals surface area (Å²) in [4.78, 5) is 22.4. The minimum absolute atomic E-state index is 0.00877. The van der Waals surface area contributed by atoms with E-state index >= 15 is 0 Å². The second-order valence-corrected chi connectivity index (χ2v) is 10.6. The second-order valence-electron chi connectivity index (χ2n) is 8.32. The van der Waals surface area contributed by atoms with Gasteiger partial charge in [0.05, 0.1) is 28.3 Å². The van der Waals surface area contributed by atoms with Crippen LogP contribution in [0, 0.1) is 0 Å². The summed E-state index contributed by atoms with van der Waals surface area (Å²) in [6.45, 7) is 2.63. The molecule has 0 N–H and O–H groups in total. The lowest BCUT2D eigenvalue weighted by atomic mass is 10.0. The van der Waals surface area contributed by atoms with Gasteiger partial charge in [-0.1, -0.05) is 48.5 Å². The molecule has 1 atom stereocenters. The summed E-state index contributed by atoms with van der Waals surface area (Å²) in [7, 11) is -2.90. The minimum atomic E-state index is -2.90. The number of para-hydroxylation sites is 1. The summed E-state index contributed by atoms with van der Waals surface area (Å²) < 4.78 is 23.6. The van der Waals surface area contributed by atoms with Gasteiger partial charge in [-0.05, 0) is 18.6 Å². The molecule has 2 aromatic carbocycles. The van der Waals surface area contributed by atoms with E-state index in [9.17, 15) is 13.2 Å². The Bertz CT molecular complexity index is 1220. The summed E-state index contributed by atoms with van der Waals surface area (Å²) >= 11 is 0. The quantitative estimate of drug-likeness (QED) is 0.633. The molecule has 0 bridgehead atoms. The van der Waals surface area contributed by atoms with Crippen LogP contribution in [0.5, 0.6) is 0 Å². The molecule has 0 unspecified atom stereocenters. The molecule has 7 heteroatoms. The van der Waals surface area contributed by atoms with E-state index < -0.39 is 9.84 Å². The monoisotopic (exact) mass is 435 g/mol. The molecule has 0 radical (unpaired) electrons. The smallest absolute Gasteiger partial charge is 0.254 e. The summed E-state index contributed by atoms with van der Waals surface area (Å²) in [5, 5.41) is 0.858. The Morgan fingerprint density at radius 3 is 2.35 bits per heavy atom. The number of fused-ring (bicyclic) bond motifs is 1. The molecule has 5 rings (SSSR count). The van der Waals surface area contributed by atoms with E-state index in [1.807, 2.05) is 65.6 Å². The van der Waals surface area contributed by atoms with Crippen LogP contribution in [0.4, 0.5) is 0 Å². The van der Waals surface area contributed by atoms with Crippen LogP contribution in [-0.2, 0) is 9.84 Å². The molecule has 3 aromatic rings. The van der Waals surface area contributed by atoms with Gasteiger partial charge in [0.15, 0.2) is 9.84 Å². The Balaban J connectivity index is 1.40. The lowest BCUT2D eigenvalue weighted by molar-refractivity contribution is 0.0589. The third-order valence-electron chi connectivity index (χ3n) is 6.34. The number of benzene rings is 2. The van der Waals surface area contributed by atoms with E-state index in [1.165, 1.54) is 0 Å². The fraction of sp³-hybridized carbons (Fsp3) is 0.333. The number of hydrogen-bond acceptors (Lipinski definition) is 5. The summed E-state index contributed by atoms with van der Waals surface area (Å²) in [5.41, 5.74) is 3.25. The highest BCUT2D eigenvalue weighted by Gasteiger charge is 2.34. The minimum Gasteiger partial charge on any atom is -0.336 e. The highest BCUT2D eigenvalue weighted by molar-refractivity contribution is 7.91. The van der Waals surface area contributed by atoms with Crippen molar-refractivity contribution in [3.63, 3.8) is 0 Å². The van der Waals surface area contributed by atoms with Crippen LogP contribution < -0.4 is 0 Å². The van der Waals surface area contributed by atoms with Crippen molar-refractivity contribution in [3.05, 3.63) is 66.2 Å². The number of sulfone groups is 1.